The van der Waals surface area contributed by atoms with Crippen LogP contribution in [0.5, 0.6) is 0 Å². The summed E-state index contributed by atoms with van der Waals surface area (Å²) in [6.45, 7) is 9.50. The highest BCUT2D eigenvalue weighted by molar-refractivity contribution is 5.70. The zero-order valence-electron chi connectivity index (χ0n) is 17.5. The van der Waals surface area contributed by atoms with Crippen molar-refractivity contribution in [3.8, 4) is 0 Å². The molecule has 1 atom stereocenters. The summed E-state index contributed by atoms with van der Waals surface area (Å²) in [7, 11) is 0. The van der Waals surface area contributed by atoms with Crippen molar-refractivity contribution < 1.29 is 23.8 Å². The Labute approximate surface area is 172 Å². The van der Waals surface area contributed by atoms with E-state index in [0.29, 0.717) is 32.8 Å². The van der Waals surface area contributed by atoms with Crippen LogP contribution >= 0.6 is 0 Å². The van der Waals surface area contributed by atoms with Gasteiger partial charge in [0.15, 0.2) is 0 Å². The van der Waals surface area contributed by atoms with E-state index in [1.54, 1.807) is 9.80 Å². The third kappa shape index (κ3) is 6.00. The first kappa shape index (κ1) is 21.2. The van der Waals surface area contributed by atoms with E-state index in [2.05, 4.69) is 17.0 Å². The number of rotatable bonds is 3. The van der Waals surface area contributed by atoms with E-state index in [9.17, 15) is 9.59 Å². The van der Waals surface area contributed by atoms with Gasteiger partial charge in [0.05, 0.1) is 19.3 Å². The molecule has 0 saturated carbocycles. The van der Waals surface area contributed by atoms with Gasteiger partial charge in [0.1, 0.15) is 12.2 Å². The summed E-state index contributed by atoms with van der Waals surface area (Å²) in [6.07, 6.45) is -0.759. The fraction of sp³-hybridized carbons (Fsp3) is 0.619. The van der Waals surface area contributed by atoms with E-state index in [-0.39, 0.29) is 18.7 Å². The standard InChI is InChI=1S/C21H31N3O5/c1-21(2,3)29-20(26)24-13-14-27-15-18(24)16-28-19(25)23-11-9-22(10-12-23)17-7-5-4-6-8-17/h4-8,18H,9-16H2,1-3H3. The molecule has 2 aliphatic heterocycles. The van der Waals surface area contributed by atoms with Crippen molar-refractivity contribution in [2.24, 2.45) is 0 Å². The van der Waals surface area contributed by atoms with Crippen LogP contribution in [0, 0.1) is 0 Å². The van der Waals surface area contributed by atoms with Crippen molar-refractivity contribution in [2.45, 2.75) is 32.4 Å². The molecule has 2 amide bonds. The second-order valence-corrected chi connectivity index (χ2v) is 8.29. The summed E-state index contributed by atoms with van der Waals surface area (Å²) in [5.74, 6) is 0. The molecule has 8 heteroatoms. The highest BCUT2D eigenvalue weighted by Crippen LogP contribution is 2.17. The maximum absolute atomic E-state index is 12.5. The number of nitrogens with zero attached hydrogens (tertiary/aromatic N) is 3. The molecule has 2 heterocycles. The van der Waals surface area contributed by atoms with E-state index < -0.39 is 11.7 Å². The zero-order valence-corrected chi connectivity index (χ0v) is 17.5. The molecule has 2 fully saturated rings. The Morgan fingerprint density at radius 3 is 2.38 bits per heavy atom. The number of carbonyl (C=O) groups is 2. The number of para-hydroxylation sites is 1. The number of morpholine rings is 1. The third-order valence-electron chi connectivity index (χ3n) is 4.91. The lowest BCUT2D eigenvalue weighted by Gasteiger charge is -2.37. The van der Waals surface area contributed by atoms with Crippen molar-refractivity contribution in [3.63, 3.8) is 0 Å². The lowest BCUT2D eigenvalue weighted by Crippen LogP contribution is -2.53. The highest BCUT2D eigenvalue weighted by atomic mass is 16.6. The normalized spacial score (nSPS) is 20.4. The minimum absolute atomic E-state index is 0.0942. The predicted octanol–water partition coefficient (Wildman–Crippen LogP) is 2.58. The quantitative estimate of drug-likeness (QED) is 0.770. The summed E-state index contributed by atoms with van der Waals surface area (Å²) >= 11 is 0. The smallest absolute Gasteiger partial charge is 0.410 e. The van der Waals surface area contributed by atoms with Crippen molar-refractivity contribution in [3.05, 3.63) is 30.3 Å². The predicted molar refractivity (Wildman–Crippen MR) is 109 cm³/mol. The number of ether oxygens (including phenoxy) is 3. The molecule has 0 N–H and O–H groups in total. The molecule has 1 unspecified atom stereocenters. The molecule has 2 saturated heterocycles. The van der Waals surface area contributed by atoms with Gasteiger partial charge in [0.25, 0.3) is 0 Å². The number of piperazine rings is 1. The van der Waals surface area contributed by atoms with Gasteiger partial charge in [-0.1, -0.05) is 18.2 Å². The first-order chi connectivity index (χ1) is 13.8. The number of anilines is 1. The molecule has 0 spiro atoms. The van der Waals surface area contributed by atoms with Crippen LogP contribution in [0.2, 0.25) is 0 Å². The zero-order chi connectivity index (χ0) is 20.9. The van der Waals surface area contributed by atoms with Crippen LogP contribution in [-0.2, 0) is 14.2 Å². The maximum atomic E-state index is 12.5. The molecule has 0 aliphatic carbocycles. The Morgan fingerprint density at radius 2 is 1.72 bits per heavy atom. The van der Waals surface area contributed by atoms with E-state index in [1.165, 1.54) is 0 Å². The summed E-state index contributed by atoms with van der Waals surface area (Å²) in [6, 6.07) is 9.82. The molecule has 0 aromatic heterocycles. The molecular weight excluding hydrogens is 374 g/mol. The molecule has 160 valence electrons. The van der Waals surface area contributed by atoms with Crippen LogP contribution in [0.4, 0.5) is 15.3 Å². The van der Waals surface area contributed by atoms with Crippen LogP contribution in [0.3, 0.4) is 0 Å². The molecule has 1 aromatic carbocycles. The second kappa shape index (κ2) is 9.35. The molecule has 3 rings (SSSR count). The van der Waals surface area contributed by atoms with Gasteiger partial charge in [-0.2, -0.15) is 0 Å². The Balaban J connectivity index is 1.47. The Bertz CT molecular complexity index is 683. The first-order valence-electron chi connectivity index (χ1n) is 10.1. The summed E-state index contributed by atoms with van der Waals surface area (Å²) in [5.41, 5.74) is 0.586. The van der Waals surface area contributed by atoms with Crippen molar-refractivity contribution >= 4 is 17.9 Å². The minimum Gasteiger partial charge on any atom is -0.447 e. The average Bonchev–Trinajstić information content (AvgIpc) is 2.72. The van der Waals surface area contributed by atoms with E-state index in [0.717, 1.165) is 18.8 Å². The maximum Gasteiger partial charge on any atom is 0.410 e. The van der Waals surface area contributed by atoms with Crippen molar-refractivity contribution in [1.29, 1.82) is 0 Å². The second-order valence-electron chi connectivity index (χ2n) is 8.29. The number of amides is 2. The molecule has 0 bridgehead atoms. The Kier molecular flexibility index (Phi) is 6.84. The van der Waals surface area contributed by atoms with Crippen LogP contribution in [-0.4, -0.2) is 86.2 Å². The molecule has 1 aromatic rings. The van der Waals surface area contributed by atoms with Crippen LogP contribution < -0.4 is 4.90 Å². The van der Waals surface area contributed by atoms with Crippen molar-refractivity contribution in [2.75, 3.05) is 57.4 Å². The Hall–Kier alpha value is -2.48. The van der Waals surface area contributed by atoms with Gasteiger partial charge in [0, 0.05) is 38.4 Å². The van der Waals surface area contributed by atoms with Crippen LogP contribution in [0.25, 0.3) is 0 Å². The molecular formula is C21H31N3O5. The van der Waals surface area contributed by atoms with E-state index in [4.69, 9.17) is 14.2 Å². The lowest BCUT2D eigenvalue weighted by molar-refractivity contribution is -0.0482. The van der Waals surface area contributed by atoms with Gasteiger partial charge in [-0.25, -0.2) is 9.59 Å². The number of carbonyl (C=O) groups excluding carboxylic acids is 2. The SMILES string of the molecule is CC(C)(C)OC(=O)N1CCOCC1COC(=O)N1CCN(c2ccccc2)CC1. The van der Waals surface area contributed by atoms with Gasteiger partial charge < -0.3 is 24.0 Å². The largest absolute Gasteiger partial charge is 0.447 e. The van der Waals surface area contributed by atoms with Gasteiger partial charge in [0.2, 0.25) is 0 Å². The van der Waals surface area contributed by atoms with Gasteiger partial charge in [-0.3, -0.25) is 4.90 Å². The van der Waals surface area contributed by atoms with Crippen LogP contribution in [0.1, 0.15) is 20.8 Å². The first-order valence-corrected chi connectivity index (χ1v) is 10.1. The fourth-order valence-corrected chi connectivity index (χ4v) is 3.40. The monoisotopic (exact) mass is 405 g/mol. The summed E-state index contributed by atoms with van der Waals surface area (Å²) < 4.78 is 16.4. The number of benzene rings is 1. The third-order valence-corrected chi connectivity index (χ3v) is 4.91. The fourth-order valence-electron chi connectivity index (χ4n) is 3.40. The summed E-state index contributed by atoms with van der Waals surface area (Å²) in [4.78, 5) is 30.5. The van der Waals surface area contributed by atoms with Gasteiger partial charge in [-0.05, 0) is 32.9 Å². The number of hydrogen-bond donors (Lipinski definition) is 0. The minimum atomic E-state index is -0.574. The van der Waals surface area contributed by atoms with Crippen molar-refractivity contribution in [1.82, 2.24) is 9.80 Å². The molecule has 2 aliphatic rings. The van der Waals surface area contributed by atoms with E-state index >= 15 is 0 Å². The summed E-state index contributed by atoms with van der Waals surface area (Å²) in [5, 5.41) is 0. The van der Waals surface area contributed by atoms with Gasteiger partial charge in [-0.15, -0.1) is 0 Å². The highest BCUT2D eigenvalue weighted by Gasteiger charge is 2.32. The average molecular weight is 405 g/mol. The lowest BCUT2D eigenvalue weighted by atomic mass is 10.2. The number of hydrogen-bond acceptors (Lipinski definition) is 6. The molecule has 8 nitrogen and oxygen atoms in total. The van der Waals surface area contributed by atoms with Crippen LogP contribution in [0.15, 0.2) is 30.3 Å². The molecule has 29 heavy (non-hydrogen) atoms. The topological polar surface area (TPSA) is 71.5 Å². The van der Waals surface area contributed by atoms with E-state index in [1.807, 2.05) is 39.0 Å². The Morgan fingerprint density at radius 1 is 1.03 bits per heavy atom. The molecule has 0 radical (unpaired) electrons. The van der Waals surface area contributed by atoms with Gasteiger partial charge >= 0.3 is 12.2 Å².